The van der Waals surface area contributed by atoms with Crippen molar-refractivity contribution >= 4 is 12.2 Å². The minimum Gasteiger partial charge on any atom is -0.409 e. The Morgan fingerprint density at radius 3 is 2.61 bits per heavy atom. The van der Waals surface area contributed by atoms with E-state index in [1.807, 2.05) is 72.4 Å². The average molecular weight is 393 g/mol. The number of hydrogen-bond acceptors (Lipinski definition) is 4. The molecule has 28 heavy (non-hydrogen) atoms. The Hall–Kier alpha value is -3.03. The lowest BCUT2D eigenvalue weighted by molar-refractivity contribution is -0.917. The van der Waals surface area contributed by atoms with Gasteiger partial charge in [0.05, 0.1) is 18.9 Å². The molecule has 0 amide bonds. The Bertz CT molecular complexity index is 1130. The van der Waals surface area contributed by atoms with Crippen LogP contribution < -0.4 is 4.90 Å². The van der Waals surface area contributed by atoms with Crippen molar-refractivity contribution in [1.82, 2.24) is 19.6 Å². The van der Waals surface area contributed by atoms with Crippen molar-refractivity contribution in [3.63, 3.8) is 0 Å². The lowest BCUT2D eigenvalue weighted by Crippen LogP contribution is -3.06. The minimum atomic E-state index is 0.387. The third-order valence-electron chi connectivity index (χ3n) is 4.56. The van der Waals surface area contributed by atoms with E-state index in [2.05, 4.69) is 23.4 Å². The fourth-order valence-corrected chi connectivity index (χ4v) is 3.35. The fourth-order valence-electron chi connectivity index (χ4n) is 3.16. The quantitative estimate of drug-likeness (QED) is 0.513. The van der Waals surface area contributed by atoms with Crippen LogP contribution in [-0.2, 0) is 13.2 Å². The van der Waals surface area contributed by atoms with Crippen molar-refractivity contribution in [2.24, 2.45) is 0 Å². The van der Waals surface area contributed by atoms with E-state index in [-0.39, 0.29) is 0 Å². The number of aryl methyl sites for hydroxylation is 1. The summed E-state index contributed by atoms with van der Waals surface area (Å²) in [7, 11) is 2.10. The molecule has 2 aromatic heterocycles. The highest BCUT2D eigenvalue weighted by atomic mass is 32.1. The number of benzene rings is 2. The first-order chi connectivity index (χ1) is 13.6. The molecule has 0 aliphatic heterocycles. The SMILES string of the molecule is Cc1ccccc1-c1nn(C[NH+](C)Cc2cnn(-c3ccccc3)c2)c(=S)o1. The van der Waals surface area contributed by atoms with Gasteiger partial charge in [0.25, 0.3) is 4.84 Å². The molecule has 142 valence electrons. The van der Waals surface area contributed by atoms with Gasteiger partial charge in [-0.25, -0.2) is 4.68 Å². The van der Waals surface area contributed by atoms with Gasteiger partial charge in [0.1, 0.15) is 6.54 Å². The van der Waals surface area contributed by atoms with Crippen LogP contribution in [0.1, 0.15) is 11.1 Å². The average Bonchev–Trinajstić information content (AvgIpc) is 3.30. The van der Waals surface area contributed by atoms with Gasteiger partial charge in [-0.15, -0.1) is 5.10 Å². The second-order valence-corrected chi connectivity index (χ2v) is 7.26. The zero-order valence-electron chi connectivity index (χ0n) is 15.9. The molecule has 4 aromatic rings. The highest BCUT2D eigenvalue weighted by Gasteiger charge is 2.14. The minimum absolute atomic E-state index is 0.387. The van der Waals surface area contributed by atoms with E-state index in [1.165, 1.54) is 4.90 Å². The summed E-state index contributed by atoms with van der Waals surface area (Å²) in [6.45, 7) is 3.46. The van der Waals surface area contributed by atoms with Crippen LogP contribution >= 0.6 is 12.2 Å². The Morgan fingerprint density at radius 2 is 1.82 bits per heavy atom. The Balaban J connectivity index is 1.46. The maximum Gasteiger partial charge on any atom is 0.292 e. The van der Waals surface area contributed by atoms with Crippen LogP contribution in [0.4, 0.5) is 0 Å². The van der Waals surface area contributed by atoms with Crippen LogP contribution in [0.3, 0.4) is 0 Å². The molecule has 0 saturated carbocycles. The molecule has 1 unspecified atom stereocenters. The van der Waals surface area contributed by atoms with Gasteiger partial charge in [-0.1, -0.05) is 36.4 Å². The van der Waals surface area contributed by atoms with Crippen LogP contribution in [0.15, 0.2) is 71.4 Å². The number of nitrogens with zero attached hydrogens (tertiary/aromatic N) is 4. The van der Waals surface area contributed by atoms with Gasteiger partial charge in [-0.2, -0.15) is 9.78 Å². The molecule has 2 aromatic carbocycles. The fraction of sp³-hybridized carbons (Fsp3) is 0.190. The molecular weight excluding hydrogens is 370 g/mol. The number of rotatable bonds is 6. The molecule has 0 fully saturated rings. The molecule has 7 heteroatoms. The molecule has 4 rings (SSSR count). The maximum atomic E-state index is 5.73. The van der Waals surface area contributed by atoms with E-state index < -0.39 is 0 Å². The highest BCUT2D eigenvalue weighted by molar-refractivity contribution is 7.71. The molecule has 6 nitrogen and oxygen atoms in total. The van der Waals surface area contributed by atoms with Crippen molar-refractivity contribution < 1.29 is 9.32 Å². The Kier molecular flexibility index (Phi) is 5.18. The van der Waals surface area contributed by atoms with Crippen molar-refractivity contribution in [1.29, 1.82) is 0 Å². The molecule has 0 saturated heterocycles. The van der Waals surface area contributed by atoms with Crippen LogP contribution in [0.2, 0.25) is 0 Å². The first-order valence-corrected chi connectivity index (χ1v) is 9.55. The van der Waals surface area contributed by atoms with Gasteiger partial charge in [0.2, 0.25) is 5.89 Å². The maximum absolute atomic E-state index is 5.73. The van der Waals surface area contributed by atoms with Crippen LogP contribution in [0, 0.1) is 11.8 Å². The molecule has 0 bridgehead atoms. The third-order valence-corrected chi connectivity index (χ3v) is 4.86. The largest absolute Gasteiger partial charge is 0.409 e. The van der Waals surface area contributed by atoms with E-state index in [1.54, 1.807) is 4.68 Å². The number of aromatic nitrogens is 4. The normalized spacial score (nSPS) is 12.2. The van der Waals surface area contributed by atoms with Gasteiger partial charge in [-0.3, -0.25) is 0 Å². The predicted molar refractivity (Wildman–Crippen MR) is 110 cm³/mol. The standard InChI is InChI=1S/C21H21N5OS/c1-16-8-6-7-11-19(16)20-23-26(21(28)27-20)15-24(2)13-17-12-22-25(14-17)18-9-4-3-5-10-18/h3-12,14H,13,15H2,1-2H3/p+1. The zero-order chi connectivity index (χ0) is 19.5. The molecular formula is C21H22N5OS+. The van der Waals surface area contributed by atoms with Gasteiger partial charge in [-0.05, 0) is 42.9 Å². The van der Waals surface area contributed by atoms with Gasteiger partial charge in [0, 0.05) is 17.3 Å². The molecule has 0 aliphatic rings. The van der Waals surface area contributed by atoms with Crippen LogP contribution in [-0.4, -0.2) is 26.6 Å². The highest BCUT2D eigenvalue weighted by Crippen LogP contribution is 2.21. The second kappa shape index (κ2) is 7.92. The number of quaternary nitrogens is 1. The summed E-state index contributed by atoms with van der Waals surface area (Å²) in [6.07, 6.45) is 3.96. The summed E-state index contributed by atoms with van der Waals surface area (Å²) < 4.78 is 9.37. The first kappa shape index (κ1) is 18.3. The smallest absolute Gasteiger partial charge is 0.292 e. The lowest BCUT2D eigenvalue weighted by Gasteiger charge is -2.11. The van der Waals surface area contributed by atoms with Crippen molar-refractivity contribution in [2.75, 3.05) is 7.05 Å². The number of nitrogens with one attached hydrogen (secondary N) is 1. The summed E-state index contributed by atoms with van der Waals surface area (Å²) in [6, 6.07) is 18.1. The van der Waals surface area contributed by atoms with E-state index in [4.69, 9.17) is 16.6 Å². The molecule has 1 atom stereocenters. The van der Waals surface area contributed by atoms with Crippen molar-refractivity contribution in [2.45, 2.75) is 20.1 Å². The number of hydrogen-bond donors (Lipinski definition) is 1. The summed E-state index contributed by atoms with van der Waals surface area (Å²) in [4.78, 5) is 1.62. The molecule has 0 aliphatic carbocycles. The van der Waals surface area contributed by atoms with E-state index in [0.29, 0.717) is 17.4 Å². The zero-order valence-corrected chi connectivity index (χ0v) is 16.7. The third kappa shape index (κ3) is 3.95. The van der Waals surface area contributed by atoms with Gasteiger partial charge in [0.15, 0.2) is 6.67 Å². The van der Waals surface area contributed by atoms with E-state index >= 15 is 0 Å². The summed E-state index contributed by atoms with van der Waals surface area (Å²) in [5, 5.41) is 9.04. The van der Waals surface area contributed by atoms with Crippen molar-refractivity contribution in [3.8, 4) is 17.1 Å². The predicted octanol–water partition coefficient (Wildman–Crippen LogP) is 3.04. The van der Waals surface area contributed by atoms with Crippen molar-refractivity contribution in [3.05, 3.63) is 83.0 Å². The van der Waals surface area contributed by atoms with E-state index in [0.717, 1.165) is 28.9 Å². The summed E-state index contributed by atoms with van der Waals surface area (Å²) in [5.41, 5.74) is 4.28. The Labute approximate surface area is 168 Å². The molecule has 0 radical (unpaired) electrons. The topological polar surface area (TPSA) is 53.2 Å². The van der Waals surface area contributed by atoms with Gasteiger partial charge >= 0.3 is 0 Å². The number of para-hydroxylation sites is 1. The second-order valence-electron chi connectivity index (χ2n) is 6.91. The van der Waals surface area contributed by atoms with E-state index in [9.17, 15) is 0 Å². The first-order valence-electron chi connectivity index (χ1n) is 9.14. The monoisotopic (exact) mass is 392 g/mol. The van der Waals surface area contributed by atoms with Crippen LogP contribution in [0.25, 0.3) is 17.1 Å². The summed E-state index contributed by atoms with van der Waals surface area (Å²) in [5.74, 6) is 0.563. The molecule has 1 N–H and O–H groups in total. The Morgan fingerprint density at radius 1 is 1.07 bits per heavy atom. The summed E-state index contributed by atoms with van der Waals surface area (Å²) >= 11 is 5.37. The molecule has 2 heterocycles. The van der Waals surface area contributed by atoms with Gasteiger partial charge < -0.3 is 9.32 Å². The molecule has 0 spiro atoms. The lowest BCUT2D eigenvalue weighted by atomic mass is 10.1. The van der Waals surface area contributed by atoms with Crippen LogP contribution in [0.5, 0.6) is 0 Å².